The average Bonchev–Trinajstić information content (AvgIpc) is 2.53. The van der Waals surface area contributed by atoms with Gasteiger partial charge in [-0.2, -0.15) is 0 Å². The molecule has 2 aliphatic heterocycles. The fraction of sp³-hybridized carbons (Fsp3) is 1.00. The molecule has 0 bridgehead atoms. The molecule has 130 valence electrons. The van der Waals surface area contributed by atoms with Crippen LogP contribution in [0.15, 0.2) is 0 Å². The van der Waals surface area contributed by atoms with Gasteiger partial charge in [-0.15, -0.1) is 0 Å². The van der Waals surface area contributed by atoms with Crippen molar-refractivity contribution in [1.82, 2.24) is 15.1 Å². The van der Waals surface area contributed by atoms with Crippen LogP contribution in [0.4, 0.5) is 0 Å². The van der Waals surface area contributed by atoms with Crippen molar-refractivity contribution in [3.63, 3.8) is 0 Å². The number of piperidine rings is 1. The van der Waals surface area contributed by atoms with E-state index in [0.29, 0.717) is 0 Å². The second kappa shape index (κ2) is 10.6. The molecule has 0 saturated carbocycles. The van der Waals surface area contributed by atoms with Crippen molar-refractivity contribution >= 4 is 0 Å². The Kier molecular flexibility index (Phi) is 8.75. The topological polar surface area (TPSA) is 27.7 Å². The first-order chi connectivity index (χ1) is 10.7. The van der Waals surface area contributed by atoms with Gasteiger partial charge in [-0.1, -0.05) is 13.8 Å². The van der Waals surface area contributed by atoms with Crippen LogP contribution in [0.5, 0.6) is 0 Å². The average molecular weight is 312 g/mol. The van der Waals surface area contributed by atoms with Gasteiger partial charge in [-0.25, -0.2) is 0 Å². The van der Waals surface area contributed by atoms with Crippen molar-refractivity contribution in [2.24, 2.45) is 11.8 Å². The number of hydrogen-bond donors (Lipinski definition) is 1. The highest BCUT2D eigenvalue weighted by Gasteiger charge is 2.21. The second-order valence-electron chi connectivity index (χ2n) is 7.48. The van der Waals surface area contributed by atoms with E-state index in [9.17, 15) is 0 Å². The summed E-state index contributed by atoms with van der Waals surface area (Å²) < 4.78 is 5.78. The van der Waals surface area contributed by atoms with Gasteiger partial charge in [0.1, 0.15) is 0 Å². The maximum absolute atomic E-state index is 5.78. The van der Waals surface area contributed by atoms with Gasteiger partial charge >= 0.3 is 0 Å². The summed E-state index contributed by atoms with van der Waals surface area (Å²) in [6, 6.07) is 0. The Morgan fingerprint density at radius 2 is 1.73 bits per heavy atom. The van der Waals surface area contributed by atoms with E-state index in [0.717, 1.165) is 31.6 Å². The minimum Gasteiger partial charge on any atom is -0.380 e. The van der Waals surface area contributed by atoms with Crippen LogP contribution in [-0.4, -0.2) is 75.4 Å². The highest BCUT2D eigenvalue weighted by Crippen LogP contribution is 2.18. The van der Waals surface area contributed by atoms with Crippen LogP contribution in [0, 0.1) is 11.8 Å². The van der Waals surface area contributed by atoms with Gasteiger partial charge in [0.2, 0.25) is 0 Å². The number of piperazine rings is 1. The fourth-order valence-corrected chi connectivity index (χ4v) is 3.54. The Bertz CT molecular complexity index is 272. The molecule has 0 amide bonds. The number of hydrogen-bond acceptors (Lipinski definition) is 4. The summed E-state index contributed by atoms with van der Waals surface area (Å²) in [5.74, 6) is 1.72. The molecule has 2 heterocycles. The van der Waals surface area contributed by atoms with Gasteiger partial charge in [0, 0.05) is 45.9 Å². The molecule has 0 aromatic rings. The largest absolute Gasteiger partial charge is 0.380 e. The molecule has 0 aliphatic carbocycles. The minimum absolute atomic E-state index is 0.804. The van der Waals surface area contributed by atoms with E-state index in [-0.39, 0.29) is 0 Å². The zero-order chi connectivity index (χ0) is 15.6. The summed E-state index contributed by atoms with van der Waals surface area (Å²) >= 11 is 0. The molecule has 0 aromatic carbocycles. The molecule has 4 nitrogen and oxygen atoms in total. The quantitative estimate of drug-likeness (QED) is 0.660. The smallest absolute Gasteiger partial charge is 0.0593 e. The van der Waals surface area contributed by atoms with Crippen LogP contribution >= 0.6 is 0 Å². The lowest BCUT2D eigenvalue weighted by molar-refractivity contribution is 0.0783. The normalized spacial score (nSPS) is 22.5. The molecule has 2 aliphatic rings. The van der Waals surface area contributed by atoms with Crippen molar-refractivity contribution in [2.75, 3.05) is 65.6 Å². The van der Waals surface area contributed by atoms with E-state index in [1.165, 1.54) is 71.5 Å². The Hall–Kier alpha value is -0.160. The number of ether oxygens (including phenoxy) is 1. The lowest BCUT2D eigenvalue weighted by Crippen LogP contribution is -2.47. The molecule has 0 radical (unpaired) electrons. The Morgan fingerprint density at radius 3 is 2.41 bits per heavy atom. The minimum atomic E-state index is 0.804. The zero-order valence-corrected chi connectivity index (χ0v) is 14.9. The van der Waals surface area contributed by atoms with Gasteiger partial charge < -0.3 is 19.9 Å². The second-order valence-corrected chi connectivity index (χ2v) is 7.48. The molecule has 4 heteroatoms. The fourth-order valence-electron chi connectivity index (χ4n) is 3.54. The number of likely N-dealkylation sites (tertiary alicyclic amines) is 1. The van der Waals surface area contributed by atoms with Crippen LogP contribution in [0.2, 0.25) is 0 Å². The summed E-state index contributed by atoms with van der Waals surface area (Å²) in [5, 5.41) is 3.44. The predicted molar refractivity (Wildman–Crippen MR) is 93.4 cm³/mol. The van der Waals surface area contributed by atoms with Crippen LogP contribution < -0.4 is 5.32 Å². The van der Waals surface area contributed by atoms with Gasteiger partial charge in [0.05, 0.1) is 6.61 Å². The maximum atomic E-state index is 5.78. The molecule has 22 heavy (non-hydrogen) atoms. The molecular formula is C18H37N3O. The van der Waals surface area contributed by atoms with Gasteiger partial charge in [-0.05, 0) is 50.6 Å². The van der Waals surface area contributed by atoms with Crippen LogP contribution in [0.25, 0.3) is 0 Å². The summed E-state index contributed by atoms with van der Waals surface area (Å²) in [4.78, 5) is 5.24. The molecule has 2 rings (SSSR count). The Labute approximate surface area is 137 Å². The number of rotatable bonds is 9. The van der Waals surface area contributed by atoms with E-state index in [4.69, 9.17) is 4.74 Å². The van der Waals surface area contributed by atoms with Crippen molar-refractivity contribution in [1.29, 1.82) is 0 Å². The Balaban J connectivity index is 1.46. The highest BCUT2D eigenvalue weighted by atomic mass is 16.5. The molecule has 0 spiro atoms. The monoisotopic (exact) mass is 311 g/mol. The molecule has 2 fully saturated rings. The first kappa shape index (κ1) is 18.2. The lowest BCUT2D eigenvalue weighted by atomic mass is 9.96. The molecule has 0 atom stereocenters. The number of nitrogens with zero attached hydrogens (tertiary/aromatic N) is 2. The first-order valence-corrected chi connectivity index (χ1v) is 9.47. The van der Waals surface area contributed by atoms with E-state index >= 15 is 0 Å². The lowest BCUT2D eigenvalue weighted by Gasteiger charge is -2.36. The standard InChI is InChI=1S/C18H37N3O/c1-17(2)4-3-14-22-15-13-20-9-5-18(6-10-20)16-21-11-7-19-8-12-21/h17-19H,3-16H2,1-2H3. The van der Waals surface area contributed by atoms with Gasteiger partial charge in [0.15, 0.2) is 0 Å². The highest BCUT2D eigenvalue weighted by molar-refractivity contribution is 4.77. The third-order valence-corrected chi connectivity index (χ3v) is 5.06. The molecule has 0 aromatic heterocycles. The summed E-state index contributed by atoms with van der Waals surface area (Å²) in [5.41, 5.74) is 0. The third-order valence-electron chi connectivity index (χ3n) is 5.06. The SMILES string of the molecule is CC(C)CCCOCCN1CCC(CN2CCNCC2)CC1. The number of nitrogens with one attached hydrogen (secondary N) is 1. The van der Waals surface area contributed by atoms with E-state index in [1.807, 2.05) is 0 Å². The van der Waals surface area contributed by atoms with Gasteiger partial charge in [0.25, 0.3) is 0 Å². The van der Waals surface area contributed by atoms with E-state index in [1.54, 1.807) is 0 Å². The third kappa shape index (κ3) is 7.40. The van der Waals surface area contributed by atoms with Crippen LogP contribution in [0.1, 0.15) is 39.5 Å². The predicted octanol–water partition coefficient (Wildman–Crippen LogP) is 2.06. The van der Waals surface area contributed by atoms with Crippen molar-refractivity contribution < 1.29 is 4.74 Å². The Morgan fingerprint density at radius 1 is 1.00 bits per heavy atom. The van der Waals surface area contributed by atoms with E-state index in [2.05, 4.69) is 29.0 Å². The van der Waals surface area contributed by atoms with E-state index < -0.39 is 0 Å². The van der Waals surface area contributed by atoms with Crippen LogP contribution in [-0.2, 0) is 4.74 Å². The van der Waals surface area contributed by atoms with Crippen molar-refractivity contribution in [2.45, 2.75) is 39.5 Å². The molecule has 2 saturated heterocycles. The van der Waals surface area contributed by atoms with Crippen molar-refractivity contribution in [3.8, 4) is 0 Å². The summed E-state index contributed by atoms with van der Waals surface area (Å²) in [6.07, 6.45) is 5.25. The van der Waals surface area contributed by atoms with Crippen LogP contribution in [0.3, 0.4) is 0 Å². The summed E-state index contributed by atoms with van der Waals surface area (Å²) in [6.45, 7) is 16.2. The first-order valence-electron chi connectivity index (χ1n) is 9.47. The zero-order valence-electron chi connectivity index (χ0n) is 14.9. The van der Waals surface area contributed by atoms with Gasteiger partial charge in [-0.3, -0.25) is 0 Å². The molecule has 1 N–H and O–H groups in total. The molecular weight excluding hydrogens is 274 g/mol. The maximum Gasteiger partial charge on any atom is 0.0593 e. The van der Waals surface area contributed by atoms with Crippen molar-refractivity contribution in [3.05, 3.63) is 0 Å². The summed E-state index contributed by atoms with van der Waals surface area (Å²) in [7, 11) is 0. The molecule has 0 unspecified atom stereocenters.